The molecule has 0 radical (unpaired) electrons. The summed E-state index contributed by atoms with van der Waals surface area (Å²) in [5.74, 6) is 1.43. The number of hydrogen-bond donors (Lipinski definition) is 1. The van der Waals surface area contributed by atoms with E-state index in [0.717, 1.165) is 6.54 Å². The van der Waals surface area contributed by atoms with Gasteiger partial charge in [0, 0.05) is 6.42 Å². The molecule has 0 bridgehead atoms. The normalized spacial score (nSPS) is 17.8. The SMILES string of the molecule is CCCCC1=[N+](C)CCN1. The van der Waals surface area contributed by atoms with Gasteiger partial charge in [0.2, 0.25) is 5.84 Å². The van der Waals surface area contributed by atoms with Crippen molar-refractivity contribution in [2.45, 2.75) is 26.2 Å². The quantitative estimate of drug-likeness (QED) is 0.575. The maximum atomic E-state index is 3.38. The van der Waals surface area contributed by atoms with Gasteiger partial charge in [-0.05, 0) is 6.42 Å². The zero-order valence-corrected chi connectivity index (χ0v) is 6.98. The zero-order valence-electron chi connectivity index (χ0n) is 6.98. The van der Waals surface area contributed by atoms with Gasteiger partial charge in [0.1, 0.15) is 13.1 Å². The molecule has 0 saturated heterocycles. The van der Waals surface area contributed by atoms with Crippen LogP contribution in [0, 0.1) is 0 Å². The van der Waals surface area contributed by atoms with Crippen LogP contribution in [0.5, 0.6) is 0 Å². The summed E-state index contributed by atoms with van der Waals surface area (Å²) in [5, 5.41) is 3.38. The molecular formula is C8H17N2+. The second-order valence-electron chi connectivity index (χ2n) is 2.90. The van der Waals surface area contributed by atoms with Crippen LogP contribution in [-0.4, -0.2) is 30.5 Å². The van der Waals surface area contributed by atoms with Gasteiger partial charge in [-0.2, -0.15) is 0 Å². The fourth-order valence-electron chi connectivity index (χ4n) is 1.26. The molecule has 0 saturated carbocycles. The molecule has 58 valence electrons. The molecule has 0 aromatic carbocycles. The average Bonchev–Trinajstić information content (AvgIpc) is 2.31. The highest BCUT2D eigenvalue weighted by atomic mass is 15.2. The van der Waals surface area contributed by atoms with Gasteiger partial charge in [0.05, 0.1) is 7.05 Å². The first-order chi connectivity index (χ1) is 4.84. The van der Waals surface area contributed by atoms with E-state index in [1.807, 2.05) is 0 Å². The van der Waals surface area contributed by atoms with Crippen LogP contribution in [0.1, 0.15) is 26.2 Å². The smallest absolute Gasteiger partial charge is 0.244 e. The molecule has 0 fully saturated rings. The van der Waals surface area contributed by atoms with Crippen molar-refractivity contribution < 1.29 is 4.58 Å². The standard InChI is InChI=1S/C8H16N2/c1-3-4-5-8-9-6-7-10(8)2/h3-7H2,1-2H3/p+1. The Morgan fingerprint density at radius 2 is 2.40 bits per heavy atom. The third-order valence-electron chi connectivity index (χ3n) is 2.00. The van der Waals surface area contributed by atoms with Crippen molar-refractivity contribution in [1.29, 1.82) is 0 Å². The molecule has 0 unspecified atom stereocenters. The van der Waals surface area contributed by atoms with E-state index in [-0.39, 0.29) is 0 Å². The van der Waals surface area contributed by atoms with E-state index in [4.69, 9.17) is 0 Å². The molecule has 0 aromatic heterocycles. The summed E-state index contributed by atoms with van der Waals surface area (Å²) in [5.41, 5.74) is 0. The predicted octanol–water partition coefficient (Wildman–Crippen LogP) is 0.821. The Labute approximate surface area is 62.9 Å². The lowest BCUT2D eigenvalue weighted by Crippen LogP contribution is -2.20. The predicted molar refractivity (Wildman–Crippen MR) is 43.6 cm³/mol. The first kappa shape index (κ1) is 7.58. The number of unbranched alkanes of at least 4 members (excludes halogenated alkanes) is 1. The van der Waals surface area contributed by atoms with Crippen molar-refractivity contribution >= 4 is 5.84 Å². The molecule has 1 rings (SSSR count). The summed E-state index contributed by atoms with van der Waals surface area (Å²) >= 11 is 0. The highest BCUT2D eigenvalue weighted by molar-refractivity contribution is 5.78. The molecule has 0 atom stereocenters. The topological polar surface area (TPSA) is 15.0 Å². The van der Waals surface area contributed by atoms with Gasteiger partial charge in [-0.3, -0.25) is 9.89 Å². The van der Waals surface area contributed by atoms with E-state index >= 15 is 0 Å². The van der Waals surface area contributed by atoms with E-state index in [9.17, 15) is 0 Å². The highest BCUT2D eigenvalue weighted by Crippen LogP contribution is 1.97. The minimum Gasteiger partial charge on any atom is -0.274 e. The molecule has 0 amide bonds. The van der Waals surface area contributed by atoms with Crippen molar-refractivity contribution in [3.63, 3.8) is 0 Å². The molecule has 0 spiro atoms. The molecule has 2 heteroatoms. The third-order valence-corrected chi connectivity index (χ3v) is 2.00. The number of nitrogens with zero attached hydrogens (tertiary/aromatic N) is 1. The Kier molecular flexibility index (Phi) is 2.72. The van der Waals surface area contributed by atoms with Crippen LogP contribution >= 0.6 is 0 Å². The first-order valence-electron chi connectivity index (χ1n) is 4.15. The number of amidine groups is 1. The average molecular weight is 141 g/mol. The molecule has 1 heterocycles. The van der Waals surface area contributed by atoms with Crippen molar-refractivity contribution in [2.75, 3.05) is 20.1 Å². The zero-order chi connectivity index (χ0) is 7.40. The monoisotopic (exact) mass is 141 g/mol. The highest BCUT2D eigenvalue weighted by Gasteiger charge is 2.15. The minimum absolute atomic E-state index is 1.13. The maximum absolute atomic E-state index is 3.38. The Bertz CT molecular complexity index is 138. The van der Waals surface area contributed by atoms with Crippen molar-refractivity contribution in [2.24, 2.45) is 0 Å². The summed E-state index contributed by atoms with van der Waals surface area (Å²) in [7, 11) is 2.16. The second-order valence-corrected chi connectivity index (χ2v) is 2.90. The van der Waals surface area contributed by atoms with Gasteiger partial charge < -0.3 is 0 Å². The maximum Gasteiger partial charge on any atom is 0.244 e. The van der Waals surface area contributed by atoms with Crippen LogP contribution in [0.4, 0.5) is 0 Å². The van der Waals surface area contributed by atoms with Gasteiger partial charge in [0.15, 0.2) is 0 Å². The van der Waals surface area contributed by atoms with Crippen molar-refractivity contribution in [3.05, 3.63) is 0 Å². The molecular weight excluding hydrogens is 124 g/mol. The van der Waals surface area contributed by atoms with E-state index in [1.54, 1.807) is 0 Å². The lowest BCUT2D eigenvalue weighted by Gasteiger charge is -1.95. The van der Waals surface area contributed by atoms with E-state index in [0.29, 0.717) is 0 Å². The van der Waals surface area contributed by atoms with Gasteiger partial charge in [0.25, 0.3) is 0 Å². The Balaban J connectivity index is 2.31. The molecule has 1 aliphatic heterocycles. The van der Waals surface area contributed by atoms with E-state index < -0.39 is 0 Å². The van der Waals surface area contributed by atoms with E-state index in [2.05, 4.69) is 23.9 Å². The van der Waals surface area contributed by atoms with Crippen LogP contribution < -0.4 is 5.32 Å². The summed E-state index contributed by atoms with van der Waals surface area (Å²) in [6.07, 6.45) is 3.83. The van der Waals surface area contributed by atoms with Crippen molar-refractivity contribution in [1.82, 2.24) is 5.32 Å². The first-order valence-corrected chi connectivity index (χ1v) is 4.15. The molecule has 1 N–H and O–H groups in total. The van der Waals surface area contributed by atoms with Crippen LogP contribution in [0.25, 0.3) is 0 Å². The Morgan fingerprint density at radius 1 is 1.60 bits per heavy atom. The Morgan fingerprint density at radius 3 is 2.90 bits per heavy atom. The summed E-state index contributed by atoms with van der Waals surface area (Å²) < 4.78 is 2.32. The number of likely N-dealkylation sites (N-methyl/N-ethyl adjacent to an activating group) is 1. The van der Waals surface area contributed by atoms with Gasteiger partial charge in [-0.1, -0.05) is 13.3 Å². The molecule has 1 aliphatic rings. The summed E-state index contributed by atoms with van der Waals surface area (Å²) in [6.45, 7) is 4.55. The lowest BCUT2D eigenvalue weighted by molar-refractivity contribution is -0.487. The van der Waals surface area contributed by atoms with Gasteiger partial charge in [-0.25, -0.2) is 0 Å². The molecule has 2 nitrogen and oxygen atoms in total. The van der Waals surface area contributed by atoms with Crippen LogP contribution in [0.2, 0.25) is 0 Å². The molecule has 10 heavy (non-hydrogen) atoms. The summed E-state index contributed by atoms with van der Waals surface area (Å²) in [6, 6.07) is 0. The van der Waals surface area contributed by atoms with Gasteiger partial charge in [-0.15, -0.1) is 0 Å². The third kappa shape index (κ3) is 1.72. The Hall–Kier alpha value is -0.530. The minimum atomic E-state index is 1.13. The number of nitrogens with one attached hydrogen (secondary N) is 1. The molecule has 0 aliphatic carbocycles. The lowest BCUT2D eigenvalue weighted by atomic mass is 10.2. The fourth-order valence-corrected chi connectivity index (χ4v) is 1.26. The van der Waals surface area contributed by atoms with Crippen molar-refractivity contribution in [3.8, 4) is 0 Å². The number of hydrogen-bond acceptors (Lipinski definition) is 1. The van der Waals surface area contributed by atoms with Gasteiger partial charge >= 0.3 is 0 Å². The van der Waals surface area contributed by atoms with Crippen LogP contribution in [0.3, 0.4) is 0 Å². The molecule has 0 aromatic rings. The largest absolute Gasteiger partial charge is 0.274 e. The number of rotatable bonds is 3. The van der Waals surface area contributed by atoms with E-state index in [1.165, 1.54) is 31.6 Å². The fraction of sp³-hybridized carbons (Fsp3) is 0.875. The second kappa shape index (κ2) is 3.59. The van der Waals surface area contributed by atoms with Crippen LogP contribution in [-0.2, 0) is 0 Å². The van der Waals surface area contributed by atoms with Crippen LogP contribution in [0.15, 0.2) is 0 Å². The summed E-state index contributed by atoms with van der Waals surface area (Å²) in [4.78, 5) is 0.